The predicted octanol–water partition coefficient (Wildman–Crippen LogP) is 2.30. The number of anilines is 3. The van der Waals surface area contributed by atoms with Gasteiger partial charge in [0.1, 0.15) is 11.5 Å². The number of benzene rings is 1. The summed E-state index contributed by atoms with van der Waals surface area (Å²) < 4.78 is 13.6. The summed E-state index contributed by atoms with van der Waals surface area (Å²) in [6.45, 7) is 0. The third-order valence-electron chi connectivity index (χ3n) is 2.36. The molecule has 98 valence electrons. The Kier molecular flexibility index (Phi) is 3.52. The maximum Gasteiger partial charge on any atom is 0.267 e. The Balaban J connectivity index is 2.40. The van der Waals surface area contributed by atoms with E-state index in [9.17, 15) is 9.18 Å². The number of nitrogens with two attached hydrogens (primary N) is 2. The van der Waals surface area contributed by atoms with E-state index in [0.717, 1.165) is 0 Å². The van der Waals surface area contributed by atoms with Gasteiger partial charge in [0, 0.05) is 5.02 Å². The van der Waals surface area contributed by atoms with Gasteiger partial charge in [-0.15, -0.1) is 0 Å². The molecule has 5 nitrogen and oxygen atoms in total. The molecule has 1 amide bonds. The molecule has 19 heavy (non-hydrogen) atoms. The first-order chi connectivity index (χ1) is 8.97. The van der Waals surface area contributed by atoms with Crippen molar-refractivity contribution >= 4 is 34.7 Å². The van der Waals surface area contributed by atoms with E-state index in [0.29, 0.717) is 5.02 Å². The quantitative estimate of drug-likeness (QED) is 0.804. The molecule has 0 aliphatic rings. The van der Waals surface area contributed by atoms with E-state index in [-0.39, 0.29) is 22.9 Å². The van der Waals surface area contributed by atoms with Crippen LogP contribution in [-0.4, -0.2) is 10.9 Å². The van der Waals surface area contributed by atoms with Crippen molar-refractivity contribution < 1.29 is 9.18 Å². The topological polar surface area (TPSA) is 94.0 Å². The minimum atomic E-state index is -0.699. The van der Waals surface area contributed by atoms with Gasteiger partial charge in [0.05, 0.1) is 11.4 Å². The highest BCUT2D eigenvalue weighted by atomic mass is 35.5. The molecule has 0 radical (unpaired) electrons. The molecule has 0 saturated carbocycles. The summed E-state index contributed by atoms with van der Waals surface area (Å²) >= 11 is 5.77. The average Bonchev–Trinajstić information content (AvgIpc) is 2.36. The van der Waals surface area contributed by atoms with E-state index in [1.54, 1.807) is 0 Å². The Morgan fingerprint density at radius 2 is 2.05 bits per heavy atom. The van der Waals surface area contributed by atoms with Gasteiger partial charge in [-0.2, -0.15) is 0 Å². The van der Waals surface area contributed by atoms with Gasteiger partial charge in [-0.05, 0) is 30.3 Å². The molecule has 1 heterocycles. The highest BCUT2D eigenvalue weighted by Crippen LogP contribution is 2.25. The largest absolute Gasteiger partial charge is 0.396 e. The van der Waals surface area contributed by atoms with Crippen molar-refractivity contribution in [3.05, 3.63) is 46.9 Å². The fourth-order valence-corrected chi connectivity index (χ4v) is 1.60. The predicted molar refractivity (Wildman–Crippen MR) is 71.9 cm³/mol. The van der Waals surface area contributed by atoms with Gasteiger partial charge in [-0.3, -0.25) is 4.79 Å². The number of carbonyl (C=O) groups excluding carboxylic acids is 1. The second kappa shape index (κ2) is 5.11. The lowest BCUT2D eigenvalue weighted by molar-refractivity contribution is 0.0996. The van der Waals surface area contributed by atoms with Crippen LogP contribution in [0.15, 0.2) is 30.3 Å². The third kappa shape index (κ3) is 2.92. The SMILES string of the molecule is NC(=O)c1ccc(N)c(Nc2cc(Cl)ccc2F)n1. The molecule has 1 aromatic heterocycles. The van der Waals surface area contributed by atoms with Crippen LogP contribution in [0.25, 0.3) is 0 Å². The zero-order valence-corrected chi connectivity index (χ0v) is 10.4. The molecule has 0 bridgehead atoms. The number of hydrogen-bond acceptors (Lipinski definition) is 4. The van der Waals surface area contributed by atoms with Crippen LogP contribution in [0.2, 0.25) is 5.02 Å². The Morgan fingerprint density at radius 1 is 1.32 bits per heavy atom. The minimum Gasteiger partial charge on any atom is -0.396 e. The number of amides is 1. The number of primary amides is 1. The molecule has 2 rings (SSSR count). The summed E-state index contributed by atoms with van der Waals surface area (Å²) in [7, 11) is 0. The number of nitrogens with one attached hydrogen (secondary N) is 1. The van der Waals surface area contributed by atoms with Gasteiger partial charge < -0.3 is 16.8 Å². The van der Waals surface area contributed by atoms with Crippen molar-refractivity contribution in [2.24, 2.45) is 5.73 Å². The van der Waals surface area contributed by atoms with Gasteiger partial charge in [0.25, 0.3) is 5.91 Å². The molecule has 7 heteroatoms. The first kappa shape index (κ1) is 13.1. The van der Waals surface area contributed by atoms with Gasteiger partial charge in [-0.25, -0.2) is 9.37 Å². The molecule has 5 N–H and O–H groups in total. The van der Waals surface area contributed by atoms with Crippen LogP contribution in [0.4, 0.5) is 21.6 Å². The van der Waals surface area contributed by atoms with Gasteiger partial charge >= 0.3 is 0 Å². The summed E-state index contributed by atoms with van der Waals surface area (Å²) in [6.07, 6.45) is 0. The van der Waals surface area contributed by atoms with E-state index in [2.05, 4.69) is 10.3 Å². The molecule has 0 atom stereocenters. The number of nitrogen functional groups attached to an aromatic ring is 1. The maximum atomic E-state index is 13.6. The van der Waals surface area contributed by atoms with Crippen molar-refractivity contribution in [3.63, 3.8) is 0 Å². The van der Waals surface area contributed by atoms with E-state index in [1.807, 2.05) is 0 Å². The Labute approximate surface area is 113 Å². The lowest BCUT2D eigenvalue weighted by Gasteiger charge is -2.10. The molecule has 0 unspecified atom stereocenters. The second-order valence-corrected chi connectivity index (χ2v) is 4.18. The normalized spacial score (nSPS) is 10.2. The fourth-order valence-electron chi connectivity index (χ4n) is 1.43. The molecular formula is C12H10ClFN4O. The van der Waals surface area contributed by atoms with Crippen molar-refractivity contribution in [2.75, 3.05) is 11.1 Å². The second-order valence-electron chi connectivity index (χ2n) is 3.75. The Bertz CT molecular complexity index is 648. The van der Waals surface area contributed by atoms with Crippen molar-refractivity contribution in [2.45, 2.75) is 0 Å². The van der Waals surface area contributed by atoms with Gasteiger partial charge in [-0.1, -0.05) is 11.6 Å². The minimum absolute atomic E-state index is 0.0270. The molecule has 2 aromatic rings. The Hall–Kier alpha value is -2.34. The van der Waals surface area contributed by atoms with E-state index < -0.39 is 11.7 Å². The van der Waals surface area contributed by atoms with Crippen molar-refractivity contribution in [1.29, 1.82) is 0 Å². The number of nitrogens with zero attached hydrogens (tertiary/aromatic N) is 1. The van der Waals surface area contributed by atoms with Gasteiger partial charge in [0.2, 0.25) is 0 Å². The smallest absolute Gasteiger partial charge is 0.267 e. The molecule has 0 spiro atoms. The molecule has 0 aliphatic carbocycles. The molecule has 0 saturated heterocycles. The monoisotopic (exact) mass is 280 g/mol. The van der Waals surface area contributed by atoms with E-state index in [1.165, 1.54) is 30.3 Å². The molecular weight excluding hydrogens is 271 g/mol. The summed E-state index contributed by atoms with van der Waals surface area (Å²) in [5.74, 6) is -1.08. The summed E-state index contributed by atoms with van der Waals surface area (Å²) in [6, 6.07) is 6.85. The molecule has 0 aliphatic heterocycles. The molecule has 1 aromatic carbocycles. The number of halogens is 2. The van der Waals surface area contributed by atoms with E-state index >= 15 is 0 Å². The summed E-state index contributed by atoms with van der Waals surface area (Å²) in [5, 5.41) is 3.03. The van der Waals surface area contributed by atoms with Crippen LogP contribution in [0.5, 0.6) is 0 Å². The maximum absolute atomic E-state index is 13.6. The van der Waals surface area contributed by atoms with Crippen LogP contribution in [0.1, 0.15) is 10.5 Å². The third-order valence-corrected chi connectivity index (χ3v) is 2.60. The standard InChI is InChI=1S/C12H10ClFN4O/c13-6-1-2-7(14)10(5-6)18-12-8(15)3-4-9(17-12)11(16)19/h1-5H,15H2,(H2,16,19)(H,17,18). The lowest BCUT2D eigenvalue weighted by atomic mass is 10.2. The zero-order valence-electron chi connectivity index (χ0n) is 9.65. The van der Waals surface area contributed by atoms with Crippen molar-refractivity contribution in [3.8, 4) is 0 Å². The van der Waals surface area contributed by atoms with Crippen molar-refractivity contribution in [1.82, 2.24) is 4.98 Å². The van der Waals surface area contributed by atoms with Gasteiger partial charge in [0.15, 0.2) is 5.82 Å². The number of pyridine rings is 1. The highest BCUT2D eigenvalue weighted by Gasteiger charge is 2.10. The number of aromatic nitrogens is 1. The first-order valence-electron chi connectivity index (χ1n) is 5.26. The molecule has 0 fully saturated rings. The Morgan fingerprint density at radius 3 is 2.74 bits per heavy atom. The number of hydrogen-bond donors (Lipinski definition) is 3. The fraction of sp³-hybridized carbons (Fsp3) is 0. The highest BCUT2D eigenvalue weighted by molar-refractivity contribution is 6.30. The average molecular weight is 281 g/mol. The van der Waals surface area contributed by atoms with Crippen LogP contribution < -0.4 is 16.8 Å². The first-order valence-corrected chi connectivity index (χ1v) is 5.63. The van der Waals surface area contributed by atoms with Crippen LogP contribution in [0.3, 0.4) is 0 Å². The number of rotatable bonds is 3. The van der Waals surface area contributed by atoms with Crippen LogP contribution in [0, 0.1) is 5.82 Å². The summed E-state index contributed by atoms with van der Waals surface area (Å²) in [4.78, 5) is 15.0. The zero-order chi connectivity index (χ0) is 14.0. The lowest BCUT2D eigenvalue weighted by Crippen LogP contribution is -2.14. The van der Waals surface area contributed by atoms with E-state index in [4.69, 9.17) is 23.1 Å². The van der Waals surface area contributed by atoms with Crippen LogP contribution in [-0.2, 0) is 0 Å². The summed E-state index contributed by atoms with van der Waals surface area (Å²) in [5.41, 5.74) is 11.2. The number of carbonyl (C=O) groups is 1. The van der Waals surface area contributed by atoms with Crippen LogP contribution >= 0.6 is 11.6 Å².